The normalized spacial score (nSPS) is 16.5. The summed E-state index contributed by atoms with van der Waals surface area (Å²) >= 11 is 6.10. The molecule has 1 heterocycles. The molecule has 0 spiro atoms. The van der Waals surface area contributed by atoms with E-state index in [1.807, 2.05) is 0 Å². The van der Waals surface area contributed by atoms with Gasteiger partial charge in [0.25, 0.3) is 5.91 Å². The van der Waals surface area contributed by atoms with Crippen molar-refractivity contribution in [2.45, 2.75) is 6.42 Å². The molecule has 3 rings (SSSR count). The third-order valence-corrected chi connectivity index (χ3v) is 4.36. The molecule has 0 bridgehead atoms. The van der Waals surface area contributed by atoms with Crippen LogP contribution >= 0.6 is 11.6 Å². The van der Waals surface area contributed by atoms with Crippen LogP contribution in [0.4, 0.5) is 10.1 Å². The average Bonchev–Trinajstić information content (AvgIpc) is 3.02. The molecule has 1 fully saturated rings. The Morgan fingerprint density at radius 3 is 2.46 bits per heavy atom. The molecule has 0 aromatic heterocycles. The molecule has 1 aliphatic rings. The maximum absolute atomic E-state index is 12.9. The minimum Gasteiger partial charge on any atom is -0.310 e. The summed E-state index contributed by atoms with van der Waals surface area (Å²) in [5.74, 6) is -2.36. The monoisotopic (exact) mass is 375 g/mol. The number of hydrazine groups is 1. The van der Waals surface area contributed by atoms with Crippen molar-refractivity contribution < 1.29 is 18.8 Å². The maximum atomic E-state index is 12.9. The SMILES string of the molecule is O=C(NNC(=O)C1CC(=O)N(c2ccccc2Cl)C1)c1ccc(F)cc1. The lowest BCUT2D eigenvalue weighted by Gasteiger charge is -2.18. The third-order valence-electron chi connectivity index (χ3n) is 4.04. The molecule has 0 radical (unpaired) electrons. The molecule has 2 aromatic carbocycles. The van der Waals surface area contributed by atoms with E-state index in [1.165, 1.54) is 17.0 Å². The lowest BCUT2D eigenvalue weighted by molar-refractivity contribution is -0.126. The highest BCUT2D eigenvalue weighted by atomic mass is 35.5. The first-order valence-electron chi connectivity index (χ1n) is 7.86. The van der Waals surface area contributed by atoms with Crippen molar-refractivity contribution in [1.82, 2.24) is 10.9 Å². The van der Waals surface area contributed by atoms with Crippen LogP contribution in [0.25, 0.3) is 0 Å². The lowest BCUT2D eigenvalue weighted by Crippen LogP contribution is -2.45. The molecule has 134 valence electrons. The summed E-state index contributed by atoms with van der Waals surface area (Å²) < 4.78 is 12.9. The van der Waals surface area contributed by atoms with Crippen molar-refractivity contribution in [2.75, 3.05) is 11.4 Å². The number of benzene rings is 2. The minimum atomic E-state index is -0.618. The van der Waals surface area contributed by atoms with Gasteiger partial charge in [-0.25, -0.2) is 4.39 Å². The fourth-order valence-electron chi connectivity index (χ4n) is 2.68. The van der Waals surface area contributed by atoms with Gasteiger partial charge in [0, 0.05) is 18.5 Å². The molecular formula is C18H15ClFN3O3. The number of carbonyl (C=O) groups excluding carboxylic acids is 3. The van der Waals surface area contributed by atoms with E-state index < -0.39 is 23.5 Å². The van der Waals surface area contributed by atoms with Crippen LogP contribution in [0, 0.1) is 11.7 Å². The number of halogens is 2. The van der Waals surface area contributed by atoms with Crippen molar-refractivity contribution in [3.05, 3.63) is 64.9 Å². The lowest BCUT2D eigenvalue weighted by atomic mass is 10.1. The molecule has 6 nitrogen and oxygen atoms in total. The van der Waals surface area contributed by atoms with E-state index in [0.29, 0.717) is 10.7 Å². The number of nitrogens with zero attached hydrogens (tertiary/aromatic N) is 1. The predicted octanol–water partition coefficient (Wildman–Crippen LogP) is 2.29. The highest BCUT2D eigenvalue weighted by Gasteiger charge is 2.36. The van der Waals surface area contributed by atoms with E-state index in [2.05, 4.69) is 10.9 Å². The topological polar surface area (TPSA) is 78.5 Å². The smallest absolute Gasteiger partial charge is 0.269 e. The van der Waals surface area contributed by atoms with Gasteiger partial charge in [-0.15, -0.1) is 0 Å². The molecule has 2 N–H and O–H groups in total. The van der Waals surface area contributed by atoms with Crippen LogP contribution in [0.1, 0.15) is 16.8 Å². The van der Waals surface area contributed by atoms with Crippen molar-refractivity contribution in [1.29, 1.82) is 0 Å². The van der Waals surface area contributed by atoms with Gasteiger partial charge in [-0.2, -0.15) is 0 Å². The zero-order valence-corrected chi connectivity index (χ0v) is 14.3. The summed E-state index contributed by atoms with van der Waals surface area (Å²) in [6.45, 7) is 0.167. The van der Waals surface area contributed by atoms with Crippen molar-refractivity contribution >= 4 is 35.0 Å². The molecule has 1 aliphatic heterocycles. The highest BCUT2D eigenvalue weighted by Crippen LogP contribution is 2.30. The second-order valence-corrected chi connectivity index (χ2v) is 6.21. The van der Waals surface area contributed by atoms with Crippen LogP contribution in [0.2, 0.25) is 5.02 Å². The van der Waals surface area contributed by atoms with Crippen molar-refractivity contribution in [3.63, 3.8) is 0 Å². The second kappa shape index (κ2) is 7.53. The Morgan fingerprint density at radius 2 is 1.77 bits per heavy atom. The first kappa shape index (κ1) is 17.9. The maximum Gasteiger partial charge on any atom is 0.269 e. The van der Waals surface area contributed by atoms with Crippen LogP contribution in [-0.2, 0) is 9.59 Å². The largest absolute Gasteiger partial charge is 0.310 e. The van der Waals surface area contributed by atoms with Crippen molar-refractivity contribution in [2.24, 2.45) is 5.92 Å². The summed E-state index contributed by atoms with van der Waals surface area (Å²) in [4.78, 5) is 37.8. The minimum absolute atomic E-state index is 0.0173. The fraction of sp³-hybridized carbons (Fsp3) is 0.167. The predicted molar refractivity (Wildman–Crippen MR) is 93.9 cm³/mol. The standard InChI is InChI=1S/C18H15ClFN3O3/c19-14-3-1-2-4-15(14)23-10-12(9-16(23)24)18(26)22-21-17(25)11-5-7-13(20)8-6-11/h1-8,12H,9-10H2,(H,21,25)(H,22,26). The second-order valence-electron chi connectivity index (χ2n) is 5.81. The quantitative estimate of drug-likeness (QED) is 0.808. The van der Waals surface area contributed by atoms with E-state index >= 15 is 0 Å². The van der Waals surface area contributed by atoms with E-state index in [9.17, 15) is 18.8 Å². The third kappa shape index (κ3) is 3.83. The Hall–Kier alpha value is -2.93. The van der Waals surface area contributed by atoms with Gasteiger partial charge in [-0.3, -0.25) is 25.2 Å². The van der Waals surface area contributed by atoms with Gasteiger partial charge in [-0.05, 0) is 36.4 Å². The molecule has 0 aliphatic carbocycles. The van der Waals surface area contributed by atoms with Gasteiger partial charge in [0.1, 0.15) is 5.82 Å². The van der Waals surface area contributed by atoms with E-state index in [-0.39, 0.29) is 24.4 Å². The molecule has 8 heteroatoms. The number of amides is 3. The first-order valence-corrected chi connectivity index (χ1v) is 8.24. The number of para-hydroxylation sites is 1. The Morgan fingerprint density at radius 1 is 1.08 bits per heavy atom. The van der Waals surface area contributed by atoms with Crippen LogP contribution < -0.4 is 15.8 Å². The van der Waals surface area contributed by atoms with Gasteiger partial charge in [-0.1, -0.05) is 23.7 Å². The van der Waals surface area contributed by atoms with E-state index in [4.69, 9.17) is 11.6 Å². The molecule has 1 unspecified atom stereocenters. The van der Waals surface area contributed by atoms with Gasteiger partial charge in [0.05, 0.1) is 16.6 Å². The number of hydrogen-bond acceptors (Lipinski definition) is 3. The van der Waals surface area contributed by atoms with Crippen LogP contribution in [0.3, 0.4) is 0 Å². The number of carbonyl (C=O) groups is 3. The summed E-state index contributed by atoms with van der Waals surface area (Å²) in [6, 6.07) is 11.8. The summed E-state index contributed by atoms with van der Waals surface area (Å²) in [7, 11) is 0. The highest BCUT2D eigenvalue weighted by molar-refractivity contribution is 6.33. The average molecular weight is 376 g/mol. The summed E-state index contributed by atoms with van der Waals surface area (Å²) in [5, 5.41) is 0.423. The Bertz CT molecular complexity index is 857. The van der Waals surface area contributed by atoms with Gasteiger partial charge < -0.3 is 4.90 Å². The molecule has 3 amide bonds. The van der Waals surface area contributed by atoms with E-state index in [0.717, 1.165) is 12.1 Å². The van der Waals surface area contributed by atoms with Crippen LogP contribution in [-0.4, -0.2) is 24.3 Å². The molecular weight excluding hydrogens is 361 g/mol. The van der Waals surface area contributed by atoms with Crippen molar-refractivity contribution in [3.8, 4) is 0 Å². The van der Waals surface area contributed by atoms with Crippen LogP contribution in [0.5, 0.6) is 0 Å². The summed E-state index contributed by atoms with van der Waals surface area (Å²) in [5.41, 5.74) is 5.31. The number of anilines is 1. The number of rotatable bonds is 3. The molecule has 2 aromatic rings. The van der Waals surface area contributed by atoms with Gasteiger partial charge >= 0.3 is 0 Å². The van der Waals surface area contributed by atoms with Gasteiger partial charge in [0.2, 0.25) is 11.8 Å². The molecule has 0 saturated carbocycles. The fourth-order valence-corrected chi connectivity index (χ4v) is 2.92. The zero-order chi connectivity index (χ0) is 18.7. The Kier molecular flexibility index (Phi) is 5.18. The molecule has 26 heavy (non-hydrogen) atoms. The summed E-state index contributed by atoms with van der Waals surface area (Å²) in [6.07, 6.45) is 0.0173. The van der Waals surface area contributed by atoms with E-state index in [1.54, 1.807) is 24.3 Å². The molecule has 1 saturated heterocycles. The van der Waals surface area contributed by atoms with Gasteiger partial charge in [0.15, 0.2) is 0 Å². The Labute approximate surface area is 153 Å². The zero-order valence-electron chi connectivity index (χ0n) is 13.5. The number of hydrogen-bond donors (Lipinski definition) is 2. The molecule has 1 atom stereocenters. The number of nitrogens with one attached hydrogen (secondary N) is 2. The van der Waals surface area contributed by atoms with Crippen LogP contribution in [0.15, 0.2) is 48.5 Å². The Balaban J connectivity index is 1.59. The first-order chi connectivity index (χ1) is 12.5.